The Hall–Kier alpha value is -1.10. The van der Waals surface area contributed by atoms with Gasteiger partial charge in [-0.3, -0.25) is 14.4 Å². The standard InChI is InChI=1S/C11H21NO4/c1-8(10(14)12(5)15-6)7-9(13)16-11(2,3)4/h8H,7H2,1-6H3/t8-/m0/s1. The lowest BCUT2D eigenvalue weighted by atomic mass is 10.1. The van der Waals surface area contributed by atoms with E-state index in [9.17, 15) is 9.59 Å². The Balaban J connectivity index is 4.20. The molecule has 0 aliphatic rings. The van der Waals surface area contributed by atoms with Gasteiger partial charge in [0, 0.05) is 13.0 Å². The van der Waals surface area contributed by atoms with Crippen LogP contribution in [0.1, 0.15) is 34.1 Å². The summed E-state index contributed by atoms with van der Waals surface area (Å²) in [6, 6.07) is 0. The van der Waals surface area contributed by atoms with Crippen molar-refractivity contribution >= 4 is 11.9 Å². The Kier molecular flexibility index (Phi) is 5.44. The van der Waals surface area contributed by atoms with E-state index in [2.05, 4.69) is 0 Å². The van der Waals surface area contributed by atoms with E-state index in [0.717, 1.165) is 5.06 Å². The van der Waals surface area contributed by atoms with Gasteiger partial charge in [0.15, 0.2) is 0 Å². The fourth-order valence-electron chi connectivity index (χ4n) is 1.12. The SMILES string of the molecule is CON(C)C(=O)[C@@H](C)CC(=O)OC(C)(C)C. The van der Waals surface area contributed by atoms with Crippen molar-refractivity contribution in [2.75, 3.05) is 14.2 Å². The first kappa shape index (κ1) is 14.9. The molecule has 0 aromatic heterocycles. The number of carbonyl (C=O) groups excluding carboxylic acids is 2. The minimum absolute atomic E-state index is 0.0593. The molecular formula is C11H21NO4. The minimum Gasteiger partial charge on any atom is -0.460 e. The summed E-state index contributed by atoms with van der Waals surface area (Å²) in [5.41, 5.74) is -0.521. The van der Waals surface area contributed by atoms with E-state index in [1.54, 1.807) is 27.7 Å². The average Bonchev–Trinajstić information content (AvgIpc) is 2.12. The number of hydrogen-bond donors (Lipinski definition) is 0. The average molecular weight is 231 g/mol. The first-order chi connectivity index (χ1) is 7.17. The monoisotopic (exact) mass is 231 g/mol. The highest BCUT2D eigenvalue weighted by Crippen LogP contribution is 2.13. The van der Waals surface area contributed by atoms with Gasteiger partial charge in [0.05, 0.1) is 13.5 Å². The number of ether oxygens (including phenoxy) is 1. The smallest absolute Gasteiger partial charge is 0.307 e. The molecule has 1 atom stereocenters. The lowest BCUT2D eigenvalue weighted by Gasteiger charge is -2.22. The molecule has 0 saturated heterocycles. The van der Waals surface area contributed by atoms with Crippen LogP contribution in [0.5, 0.6) is 0 Å². The second-order valence-corrected chi connectivity index (χ2v) is 4.71. The molecule has 0 N–H and O–H groups in total. The summed E-state index contributed by atoms with van der Waals surface area (Å²) in [5.74, 6) is -1.06. The number of hydrogen-bond acceptors (Lipinski definition) is 4. The maximum Gasteiger partial charge on any atom is 0.307 e. The highest BCUT2D eigenvalue weighted by Gasteiger charge is 2.24. The summed E-state index contributed by atoms with van der Waals surface area (Å²) in [4.78, 5) is 27.8. The summed E-state index contributed by atoms with van der Waals surface area (Å²) in [7, 11) is 2.91. The zero-order valence-electron chi connectivity index (χ0n) is 10.9. The maximum atomic E-state index is 11.6. The van der Waals surface area contributed by atoms with Crippen molar-refractivity contribution in [2.24, 2.45) is 5.92 Å². The molecule has 0 unspecified atom stereocenters. The van der Waals surface area contributed by atoms with Crippen molar-refractivity contribution in [3.8, 4) is 0 Å². The van der Waals surface area contributed by atoms with E-state index < -0.39 is 11.5 Å². The summed E-state index contributed by atoms with van der Waals surface area (Å²) in [5, 5.41) is 1.11. The highest BCUT2D eigenvalue weighted by molar-refractivity contribution is 5.82. The van der Waals surface area contributed by atoms with Crippen LogP contribution in [-0.4, -0.2) is 36.7 Å². The lowest BCUT2D eigenvalue weighted by molar-refractivity contribution is -0.176. The number of nitrogens with zero attached hydrogens (tertiary/aromatic N) is 1. The fraction of sp³-hybridized carbons (Fsp3) is 0.818. The summed E-state index contributed by atoms with van der Waals surface area (Å²) < 4.78 is 5.12. The molecule has 0 spiro atoms. The molecule has 5 heteroatoms. The van der Waals surface area contributed by atoms with Crippen LogP contribution in [0.25, 0.3) is 0 Å². The van der Waals surface area contributed by atoms with Gasteiger partial charge >= 0.3 is 5.97 Å². The number of hydroxylamine groups is 2. The number of esters is 1. The maximum absolute atomic E-state index is 11.6. The van der Waals surface area contributed by atoms with Crippen molar-refractivity contribution in [1.82, 2.24) is 5.06 Å². The van der Waals surface area contributed by atoms with E-state index in [1.165, 1.54) is 14.2 Å². The van der Waals surface area contributed by atoms with Crippen LogP contribution in [-0.2, 0) is 19.2 Å². The second-order valence-electron chi connectivity index (χ2n) is 4.71. The van der Waals surface area contributed by atoms with Crippen molar-refractivity contribution in [1.29, 1.82) is 0 Å². The summed E-state index contributed by atoms with van der Waals surface area (Å²) in [6.07, 6.45) is 0.0593. The molecule has 1 amide bonds. The Bertz CT molecular complexity index is 257. The Morgan fingerprint density at radius 3 is 2.19 bits per heavy atom. The number of rotatable bonds is 4. The molecule has 0 heterocycles. The Labute approximate surface area is 96.7 Å². The molecule has 94 valence electrons. The third-order valence-corrected chi connectivity index (χ3v) is 1.90. The van der Waals surface area contributed by atoms with Gasteiger partial charge in [-0.15, -0.1) is 0 Å². The second kappa shape index (κ2) is 5.84. The molecule has 0 saturated carbocycles. The number of amides is 1. The van der Waals surface area contributed by atoms with E-state index in [-0.39, 0.29) is 18.3 Å². The van der Waals surface area contributed by atoms with Crippen molar-refractivity contribution < 1.29 is 19.2 Å². The molecule has 0 aliphatic carbocycles. The van der Waals surface area contributed by atoms with Crippen LogP contribution in [0, 0.1) is 5.92 Å². The van der Waals surface area contributed by atoms with Crippen LogP contribution in [0.3, 0.4) is 0 Å². The van der Waals surface area contributed by atoms with Crippen LogP contribution in [0.2, 0.25) is 0 Å². The molecule has 0 radical (unpaired) electrons. The normalized spacial score (nSPS) is 13.1. The minimum atomic E-state index is -0.521. The van der Waals surface area contributed by atoms with Crippen LogP contribution < -0.4 is 0 Å². The molecule has 0 aromatic rings. The van der Waals surface area contributed by atoms with Crippen molar-refractivity contribution in [3.05, 3.63) is 0 Å². The first-order valence-electron chi connectivity index (χ1n) is 5.21. The zero-order valence-corrected chi connectivity index (χ0v) is 10.9. The van der Waals surface area contributed by atoms with Crippen molar-refractivity contribution in [2.45, 2.75) is 39.7 Å². The van der Waals surface area contributed by atoms with Gasteiger partial charge < -0.3 is 4.74 Å². The van der Waals surface area contributed by atoms with Gasteiger partial charge in [0.25, 0.3) is 0 Å². The molecule has 0 fully saturated rings. The van der Waals surface area contributed by atoms with Gasteiger partial charge in [-0.05, 0) is 20.8 Å². The number of carbonyl (C=O) groups is 2. The van der Waals surface area contributed by atoms with Crippen LogP contribution >= 0.6 is 0 Å². The highest BCUT2D eigenvalue weighted by atomic mass is 16.7. The van der Waals surface area contributed by atoms with E-state index in [4.69, 9.17) is 9.57 Å². The zero-order chi connectivity index (χ0) is 12.9. The molecular weight excluding hydrogens is 210 g/mol. The Morgan fingerprint density at radius 1 is 1.31 bits per heavy atom. The van der Waals surface area contributed by atoms with Gasteiger partial charge in [-0.2, -0.15) is 0 Å². The van der Waals surface area contributed by atoms with Gasteiger partial charge in [-0.25, -0.2) is 5.06 Å². The van der Waals surface area contributed by atoms with Crippen LogP contribution in [0.15, 0.2) is 0 Å². The van der Waals surface area contributed by atoms with Gasteiger partial charge in [-0.1, -0.05) is 6.92 Å². The first-order valence-corrected chi connectivity index (χ1v) is 5.21. The summed E-state index contributed by atoms with van der Waals surface area (Å²) >= 11 is 0. The van der Waals surface area contributed by atoms with E-state index in [0.29, 0.717) is 0 Å². The predicted octanol–water partition coefficient (Wildman–Crippen LogP) is 1.37. The van der Waals surface area contributed by atoms with E-state index >= 15 is 0 Å². The largest absolute Gasteiger partial charge is 0.460 e. The fourth-order valence-corrected chi connectivity index (χ4v) is 1.12. The summed E-state index contributed by atoms with van der Waals surface area (Å²) in [6.45, 7) is 7.04. The molecule has 0 aliphatic heterocycles. The molecule has 5 nitrogen and oxygen atoms in total. The molecule has 0 rings (SSSR count). The van der Waals surface area contributed by atoms with Gasteiger partial charge in [0.1, 0.15) is 5.60 Å². The molecule has 0 bridgehead atoms. The van der Waals surface area contributed by atoms with Crippen molar-refractivity contribution in [3.63, 3.8) is 0 Å². The molecule has 0 aromatic carbocycles. The molecule has 16 heavy (non-hydrogen) atoms. The predicted molar refractivity (Wildman–Crippen MR) is 59.4 cm³/mol. The van der Waals surface area contributed by atoms with Gasteiger partial charge in [0.2, 0.25) is 5.91 Å². The Morgan fingerprint density at radius 2 is 1.81 bits per heavy atom. The van der Waals surface area contributed by atoms with E-state index in [1.807, 2.05) is 0 Å². The lowest BCUT2D eigenvalue weighted by Crippen LogP contribution is -2.33. The third-order valence-electron chi connectivity index (χ3n) is 1.90. The van der Waals surface area contributed by atoms with Crippen LogP contribution in [0.4, 0.5) is 0 Å². The topological polar surface area (TPSA) is 55.8 Å². The third kappa shape index (κ3) is 5.70. The quantitative estimate of drug-likeness (QED) is 0.541.